The van der Waals surface area contributed by atoms with Gasteiger partial charge in [0, 0.05) is 19.5 Å². The molecule has 3 rings (SSSR count). The molecule has 0 aromatic heterocycles. The van der Waals surface area contributed by atoms with Crippen LogP contribution >= 0.6 is 0 Å². The molecular weight excluding hydrogens is 386 g/mol. The van der Waals surface area contributed by atoms with Crippen LogP contribution in [0.25, 0.3) is 0 Å². The topological polar surface area (TPSA) is 66.5 Å². The standard InChI is InChI=1S/C23H29NO6/c1-5-24(15-17-6-8-18-19(14-17)30-11-10-29-18)22(25)9-7-16-12-20(26-2)23(28-4)21(13-16)27-3/h6,8,12-14H,5,7,9-11,15H2,1-4H3. The molecule has 0 N–H and O–H groups in total. The van der Waals surface area contributed by atoms with Crippen LogP contribution in [0.4, 0.5) is 0 Å². The monoisotopic (exact) mass is 415 g/mol. The number of carbonyl (C=O) groups is 1. The van der Waals surface area contributed by atoms with Crippen LogP contribution in [0.15, 0.2) is 30.3 Å². The summed E-state index contributed by atoms with van der Waals surface area (Å²) in [7, 11) is 4.73. The van der Waals surface area contributed by atoms with Gasteiger partial charge in [0.2, 0.25) is 11.7 Å². The fourth-order valence-electron chi connectivity index (χ4n) is 3.47. The highest BCUT2D eigenvalue weighted by atomic mass is 16.6. The van der Waals surface area contributed by atoms with Crippen LogP contribution in [-0.4, -0.2) is 51.9 Å². The molecule has 7 nitrogen and oxygen atoms in total. The van der Waals surface area contributed by atoms with Gasteiger partial charge in [0.15, 0.2) is 23.0 Å². The zero-order valence-electron chi connectivity index (χ0n) is 18.0. The van der Waals surface area contributed by atoms with Crippen LogP contribution in [0, 0.1) is 0 Å². The minimum absolute atomic E-state index is 0.0844. The summed E-state index contributed by atoms with van der Waals surface area (Å²) in [6.07, 6.45) is 0.963. The zero-order valence-corrected chi connectivity index (χ0v) is 18.0. The van der Waals surface area contributed by atoms with Crippen LogP contribution in [0.1, 0.15) is 24.5 Å². The number of aryl methyl sites for hydroxylation is 1. The summed E-state index contributed by atoms with van der Waals surface area (Å²) in [6, 6.07) is 9.59. The zero-order chi connectivity index (χ0) is 21.5. The van der Waals surface area contributed by atoms with Gasteiger partial charge in [-0.25, -0.2) is 0 Å². The molecular formula is C23H29NO6. The number of hydrogen-bond acceptors (Lipinski definition) is 6. The van der Waals surface area contributed by atoms with Gasteiger partial charge in [-0.15, -0.1) is 0 Å². The highest BCUT2D eigenvalue weighted by molar-refractivity contribution is 5.76. The molecule has 0 fully saturated rings. The molecule has 2 aromatic carbocycles. The Morgan fingerprint density at radius 1 is 0.933 bits per heavy atom. The lowest BCUT2D eigenvalue weighted by Crippen LogP contribution is -2.30. The first-order valence-corrected chi connectivity index (χ1v) is 10.0. The van der Waals surface area contributed by atoms with Crippen molar-refractivity contribution in [2.45, 2.75) is 26.3 Å². The van der Waals surface area contributed by atoms with E-state index < -0.39 is 0 Å². The minimum atomic E-state index is 0.0844. The second-order valence-corrected chi connectivity index (χ2v) is 6.92. The maximum absolute atomic E-state index is 12.9. The molecule has 0 unspecified atom stereocenters. The van der Waals surface area contributed by atoms with Crippen LogP contribution in [0.5, 0.6) is 28.7 Å². The van der Waals surface area contributed by atoms with E-state index in [4.69, 9.17) is 23.7 Å². The number of fused-ring (bicyclic) bond motifs is 1. The Labute approximate surface area is 177 Å². The van der Waals surface area contributed by atoms with E-state index in [0.717, 1.165) is 22.6 Å². The molecule has 0 radical (unpaired) electrons. The van der Waals surface area contributed by atoms with Gasteiger partial charge in [-0.05, 0) is 48.7 Å². The molecule has 0 atom stereocenters. The average molecular weight is 415 g/mol. The molecule has 7 heteroatoms. The summed E-state index contributed by atoms with van der Waals surface area (Å²) in [4.78, 5) is 14.7. The normalized spacial score (nSPS) is 12.3. The first-order valence-electron chi connectivity index (χ1n) is 10.0. The molecule has 0 spiro atoms. The van der Waals surface area contributed by atoms with E-state index in [1.165, 1.54) is 0 Å². The van der Waals surface area contributed by atoms with Gasteiger partial charge in [0.25, 0.3) is 0 Å². The Morgan fingerprint density at radius 3 is 2.20 bits per heavy atom. The van der Waals surface area contributed by atoms with Crippen molar-refractivity contribution in [3.8, 4) is 28.7 Å². The third kappa shape index (κ3) is 4.90. The molecule has 30 heavy (non-hydrogen) atoms. The smallest absolute Gasteiger partial charge is 0.223 e. The summed E-state index contributed by atoms with van der Waals surface area (Å²) in [5, 5.41) is 0. The third-order valence-corrected chi connectivity index (χ3v) is 5.07. The lowest BCUT2D eigenvalue weighted by molar-refractivity contribution is -0.131. The molecule has 0 aliphatic carbocycles. The van der Waals surface area contributed by atoms with Crippen molar-refractivity contribution in [1.82, 2.24) is 4.90 Å². The lowest BCUT2D eigenvalue weighted by Gasteiger charge is -2.23. The second-order valence-electron chi connectivity index (χ2n) is 6.92. The van der Waals surface area contributed by atoms with Gasteiger partial charge >= 0.3 is 0 Å². The van der Waals surface area contributed by atoms with Crippen LogP contribution in [0.2, 0.25) is 0 Å². The fraction of sp³-hybridized carbons (Fsp3) is 0.435. The lowest BCUT2D eigenvalue weighted by atomic mass is 10.1. The van der Waals surface area contributed by atoms with Crippen molar-refractivity contribution in [3.05, 3.63) is 41.5 Å². The van der Waals surface area contributed by atoms with Gasteiger partial charge in [-0.3, -0.25) is 4.79 Å². The maximum Gasteiger partial charge on any atom is 0.223 e. The van der Waals surface area contributed by atoms with Crippen LogP contribution in [-0.2, 0) is 17.8 Å². The molecule has 1 aliphatic heterocycles. The van der Waals surface area contributed by atoms with E-state index in [1.807, 2.05) is 42.2 Å². The molecule has 1 amide bonds. The number of carbonyl (C=O) groups excluding carboxylic acids is 1. The van der Waals surface area contributed by atoms with E-state index in [1.54, 1.807) is 21.3 Å². The summed E-state index contributed by atoms with van der Waals surface area (Å²) < 4.78 is 27.4. The summed E-state index contributed by atoms with van der Waals surface area (Å²) in [5.41, 5.74) is 1.97. The maximum atomic E-state index is 12.9. The van der Waals surface area contributed by atoms with E-state index in [2.05, 4.69) is 0 Å². The number of rotatable bonds is 9. The summed E-state index contributed by atoms with van der Waals surface area (Å²) >= 11 is 0. The van der Waals surface area contributed by atoms with Crippen LogP contribution in [0.3, 0.4) is 0 Å². The van der Waals surface area contributed by atoms with Gasteiger partial charge in [-0.1, -0.05) is 6.07 Å². The fourth-order valence-corrected chi connectivity index (χ4v) is 3.47. The SMILES string of the molecule is CCN(Cc1ccc2c(c1)OCCO2)C(=O)CCc1cc(OC)c(OC)c(OC)c1. The van der Waals surface area contributed by atoms with Gasteiger partial charge in [0.1, 0.15) is 13.2 Å². The van der Waals surface area contributed by atoms with Crippen molar-refractivity contribution in [1.29, 1.82) is 0 Å². The minimum Gasteiger partial charge on any atom is -0.493 e. The van der Waals surface area contributed by atoms with Gasteiger partial charge in [-0.2, -0.15) is 0 Å². The summed E-state index contributed by atoms with van der Waals surface area (Å²) in [5.74, 6) is 3.29. The number of benzene rings is 2. The van der Waals surface area contributed by atoms with Gasteiger partial charge < -0.3 is 28.6 Å². The molecule has 1 aliphatic rings. The number of ether oxygens (including phenoxy) is 5. The second kappa shape index (κ2) is 10.1. The summed E-state index contributed by atoms with van der Waals surface area (Å²) in [6.45, 7) is 4.24. The number of hydrogen-bond donors (Lipinski definition) is 0. The molecule has 2 aromatic rings. The average Bonchev–Trinajstić information content (AvgIpc) is 2.79. The largest absolute Gasteiger partial charge is 0.493 e. The van der Waals surface area contributed by atoms with E-state index in [-0.39, 0.29) is 5.91 Å². The van der Waals surface area contributed by atoms with Crippen molar-refractivity contribution in [2.75, 3.05) is 41.1 Å². The Kier molecular flexibility index (Phi) is 7.27. The van der Waals surface area contributed by atoms with Gasteiger partial charge in [0.05, 0.1) is 21.3 Å². The Morgan fingerprint density at radius 2 is 1.60 bits per heavy atom. The first-order chi connectivity index (χ1) is 14.6. The molecule has 162 valence electrons. The number of nitrogens with zero attached hydrogens (tertiary/aromatic N) is 1. The predicted molar refractivity (Wildman–Crippen MR) is 113 cm³/mol. The highest BCUT2D eigenvalue weighted by Crippen LogP contribution is 2.38. The van der Waals surface area contributed by atoms with Crippen molar-refractivity contribution >= 4 is 5.91 Å². The number of amides is 1. The number of methoxy groups -OCH3 is 3. The Balaban J connectivity index is 1.66. The third-order valence-electron chi connectivity index (χ3n) is 5.07. The molecule has 0 saturated carbocycles. The quantitative estimate of drug-likeness (QED) is 0.625. The van der Waals surface area contributed by atoms with Crippen molar-refractivity contribution in [2.24, 2.45) is 0 Å². The van der Waals surface area contributed by atoms with E-state index >= 15 is 0 Å². The Hall–Kier alpha value is -3.09. The van der Waals surface area contributed by atoms with Crippen molar-refractivity contribution in [3.63, 3.8) is 0 Å². The Bertz CT molecular complexity index is 857. The highest BCUT2D eigenvalue weighted by Gasteiger charge is 2.18. The van der Waals surface area contributed by atoms with E-state index in [0.29, 0.717) is 56.4 Å². The molecule has 1 heterocycles. The predicted octanol–water partition coefficient (Wildman–Crippen LogP) is 3.46. The molecule has 0 saturated heterocycles. The van der Waals surface area contributed by atoms with Crippen LogP contribution < -0.4 is 23.7 Å². The first kappa shape index (κ1) is 21.6. The van der Waals surface area contributed by atoms with Crippen molar-refractivity contribution < 1.29 is 28.5 Å². The molecule has 0 bridgehead atoms. The van der Waals surface area contributed by atoms with E-state index in [9.17, 15) is 4.79 Å².